The minimum Gasteiger partial charge on any atom is -0.356 e. The summed E-state index contributed by atoms with van der Waals surface area (Å²) in [6.07, 6.45) is 2.73. The van der Waals surface area contributed by atoms with Gasteiger partial charge in [-0.3, -0.25) is 9.59 Å². The highest BCUT2D eigenvalue weighted by Crippen LogP contribution is 1.91. The Morgan fingerprint density at radius 3 is 2.40 bits per heavy atom. The summed E-state index contributed by atoms with van der Waals surface area (Å²) in [4.78, 5) is 22.1. The van der Waals surface area contributed by atoms with Crippen molar-refractivity contribution in [2.24, 2.45) is 0 Å². The molecule has 0 aromatic carbocycles. The third-order valence-electron chi connectivity index (χ3n) is 2.11. The van der Waals surface area contributed by atoms with Crippen molar-refractivity contribution in [3.63, 3.8) is 0 Å². The van der Waals surface area contributed by atoms with Gasteiger partial charge in [-0.1, -0.05) is 13.8 Å². The third-order valence-corrected chi connectivity index (χ3v) is 2.11. The molecule has 0 rings (SSSR count). The van der Waals surface area contributed by atoms with Crippen LogP contribution in [-0.2, 0) is 9.59 Å². The van der Waals surface area contributed by atoms with Crippen LogP contribution < -0.4 is 10.6 Å². The predicted octanol–water partition coefficient (Wildman–Crippen LogP) is 1.21. The second kappa shape index (κ2) is 8.26. The minimum absolute atomic E-state index is 0.0578. The van der Waals surface area contributed by atoms with Gasteiger partial charge in [0, 0.05) is 25.4 Å². The SMILES string of the molecule is CCCC(=O)NCCC(C)NC(=O)CC. The molecule has 0 bridgehead atoms. The molecule has 88 valence electrons. The van der Waals surface area contributed by atoms with Crippen molar-refractivity contribution in [1.82, 2.24) is 10.6 Å². The van der Waals surface area contributed by atoms with Crippen LogP contribution in [0, 0.1) is 0 Å². The van der Waals surface area contributed by atoms with Crippen LogP contribution in [0.3, 0.4) is 0 Å². The van der Waals surface area contributed by atoms with Gasteiger partial charge in [-0.15, -0.1) is 0 Å². The zero-order valence-corrected chi connectivity index (χ0v) is 9.93. The average Bonchev–Trinajstić information content (AvgIpc) is 2.18. The molecule has 0 aliphatic carbocycles. The van der Waals surface area contributed by atoms with Crippen molar-refractivity contribution in [2.45, 2.75) is 52.5 Å². The van der Waals surface area contributed by atoms with Crippen LogP contribution in [0.4, 0.5) is 0 Å². The fourth-order valence-corrected chi connectivity index (χ4v) is 1.19. The Balaban J connectivity index is 3.50. The summed E-state index contributed by atoms with van der Waals surface area (Å²) < 4.78 is 0. The quantitative estimate of drug-likeness (QED) is 0.669. The molecule has 2 amide bonds. The van der Waals surface area contributed by atoms with Crippen molar-refractivity contribution < 1.29 is 9.59 Å². The molecular formula is C11H22N2O2. The van der Waals surface area contributed by atoms with E-state index in [1.165, 1.54) is 0 Å². The first-order chi connectivity index (χ1) is 7.10. The Kier molecular flexibility index (Phi) is 7.68. The number of nitrogens with one attached hydrogen (secondary N) is 2. The van der Waals surface area contributed by atoms with Gasteiger partial charge in [-0.25, -0.2) is 0 Å². The molecule has 0 radical (unpaired) electrons. The second-order valence-corrected chi connectivity index (χ2v) is 3.71. The number of rotatable bonds is 7. The van der Waals surface area contributed by atoms with Crippen molar-refractivity contribution in [3.05, 3.63) is 0 Å². The topological polar surface area (TPSA) is 58.2 Å². The molecule has 0 heterocycles. The molecule has 1 atom stereocenters. The maximum atomic E-state index is 11.1. The van der Waals surface area contributed by atoms with Gasteiger partial charge in [0.1, 0.15) is 0 Å². The van der Waals surface area contributed by atoms with Crippen LogP contribution in [0.1, 0.15) is 46.5 Å². The van der Waals surface area contributed by atoms with E-state index in [1.807, 2.05) is 20.8 Å². The first-order valence-electron chi connectivity index (χ1n) is 5.66. The summed E-state index contributed by atoms with van der Waals surface area (Å²) in [7, 11) is 0. The summed E-state index contributed by atoms with van der Waals surface area (Å²) in [6.45, 7) is 6.37. The van der Waals surface area contributed by atoms with Gasteiger partial charge in [0.15, 0.2) is 0 Å². The van der Waals surface area contributed by atoms with Gasteiger partial charge in [0.2, 0.25) is 11.8 Å². The van der Waals surface area contributed by atoms with Crippen LogP contribution in [0.15, 0.2) is 0 Å². The third kappa shape index (κ3) is 7.97. The van der Waals surface area contributed by atoms with E-state index in [0.717, 1.165) is 12.8 Å². The zero-order valence-electron chi connectivity index (χ0n) is 9.93. The van der Waals surface area contributed by atoms with E-state index in [-0.39, 0.29) is 17.9 Å². The monoisotopic (exact) mass is 214 g/mol. The molecule has 0 aliphatic heterocycles. The van der Waals surface area contributed by atoms with Crippen LogP contribution >= 0.6 is 0 Å². The maximum Gasteiger partial charge on any atom is 0.219 e. The van der Waals surface area contributed by atoms with E-state index in [1.54, 1.807) is 0 Å². The summed E-state index contributed by atoms with van der Waals surface area (Å²) in [5.41, 5.74) is 0. The van der Waals surface area contributed by atoms with Gasteiger partial charge in [0.05, 0.1) is 0 Å². The highest BCUT2D eigenvalue weighted by molar-refractivity contribution is 5.76. The van der Waals surface area contributed by atoms with Crippen LogP contribution in [0.25, 0.3) is 0 Å². The molecule has 0 spiro atoms. The van der Waals surface area contributed by atoms with E-state index < -0.39 is 0 Å². The zero-order chi connectivity index (χ0) is 11.7. The summed E-state index contributed by atoms with van der Waals surface area (Å²) in [5.74, 6) is 0.147. The normalized spacial score (nSPS) is 11.9. The molecule has 4 heteroatoms. The molecule has 4 nitrogen and oxygen atoms in total. The minimum atomic E-state index is 0.0578. The maximum absolute atomic E-state index is 11.1. The van der Waals surface area contributed by atoms with Crippen LogP contribution in [0.5, 0.6) is 0 Å². The highest BCUT2D eigenvalue weighted by atomic mass is 16.2. The molecule has 0 fully saturated rings. The van der Waals surface area contributed by atoms with Gasteiger partial charge >= 0.3 is 0 Å². The van der Waals surface area contributed by atoms with Gasteiger partial charge < -0.3 is 10.6 Å². The van der Waals surface area contributed by atoms with E-state index in [2.05, 4.69) is 10.6 Å². The molecule has 0 aromatic heterocycles. The second-order valence-electron chi connectivity index (χ2n) is 3.71. The molecule has 0 aliphatic rings. The van der Waals surface area contributed by atoms with Crippen LogP contribution in [0.2, 0.25) is 0 Å². The lowest BCUT2D eigenvalue weighted by molar-refractivity contribution is -0.121. The number of carbonyl (C=O) groups is 2. The van der Waals surface area contributed by atoms with Crippen LogP contribution in [-0.4, -0.2) is 24.4 Å². The number of hydrogen-bond acceptors (Lipinski definition) is 2. The average molecular weight is 214 g/mol. The lowest BCUT2D eigenvalue weighted by Crippen LogP contribution is -2.35. The Hall–Kier alpha value is -1.06. The molecule has 15 heavy (non-hydrogen) atoms. The molecule has 2 N–H and O–H groups in total. The Morgan fingerprint density at radius 2 is 1.87 bits per heavy atom. The number of hydrogen-bond donors (Lipinski definition) is 2. The Labute approximate surface area is 91.8 Å². The van der Waals surface area contributed by atoms with Gasteiger partial charge in [0.25, 0.3) is 0 Å². The van der Waals surface area contributed by atoms with Gasteiger partial charge in [-0.05, 0) is 19.8 Å². The van der Waals surface area contributed by atoms with Crippen molar-refractivity contribution in [1.29, 1.82) is 0 Å². The molecular weight excluding hydrogens is 192 g/mol. The molecule has 0 saturated heterocycles. The molecule has 0 aromatic rings. The summed E-state index contributed by atoms with van der Waals surface area (Å²) in [6, 6.07) is 0.124. The lowest BCUT2D eigenvalue weighted by atomic mass is 10.2. The van der Waals surface area contributed by atoms with Crippen molar-refractivity contribution in [2.75, 3.05) is 6.54 Å². The summed E-state index contributed by atoms with van der Waals surface area (Å²) >= 11 is 0. The molecule has 1 unspecified atom stereocenters. The largest absolute Gasteiger partial charge is 0.356 e. The number of carbonyl (C=O) groups excluding carboxylic acids is 2. The first kappa shape index (κ1) is 13.9. The number of amides is 2. The van der Waals surface area contributed by atoms with E-state index >= 15 is 0 Å². The highest BCUT2D eigenvalue weighted by Gasteiger charge is 2.05. The predicted molar refractivity (Wildman–Crippen MR) is 60.4 cm³/mol. The Bertz CT molecular complexity index is 205. The Morgan fingerprint density at radius 1 is 1.20 bits per heavy atom. The first-order valence-corrected chi connectivity index (χ1v) is 5.66. The fourth-order valence-electron chi connectivity index (χ4n) is 1.19. The fraction of sp³-hybridized carbons (Fsp3) is 0.818. The van der Waals surface area contributed by atoms with Crippen molar-refractivity contribution >= 4 is 11.8 Å². The van der Waals surface area contributed by atoms with Crippen molar-refractivity contribution in [3.8, 4) is 0 Å². The summed E-state index contributed by atoms with van der Waals surface area (Å²) in [5, 5.41) is 5.66. The van der Waals surface area contributed by atoms with E-state index in [4.69, 9.17) is 0 Å². The standard InChI is InChI=1S/C11H22N2O2/c1-4-6-11(15)12-8-7-9(3)13-10(14)5-2/h9H,4-8H2,1-3H3,(H,12,15)(H,13,14). The van der Waals surface area contributed by atoms with E-state index in [0.29, 0.717) is 19.4 Å². The van der Waals surface area contributed by atoms with Gasteiger partial charge in [-0.2, -0.15) is 0 Å². The smallest absolute Gasteiger partial charge is 0.219 e. The van der Waals surface area contributed by atoms with E-state index in [9.17, 15) is 9.59 Å². The molecule has 0 saturated carbocycles. The lowest BCUT2D eigenvalue weighted by Gasteiger charge is -2.13.